The van der Waals surface area contributed by atoms with Crippen LogP contribution in [0.25, 0.3) is 11.0 Å². The van der Waals surface area contributed by atoms with Gasteiger partial charge in [-0.05, 0) is 25.0 Å². The normalized spacial score (nSPS) is 20.7. The molecule has 3 heterocycles. The molecule has 0 unspecified atom stereocenters. The smallest absolute Gasteiger partial charge is 0.151 e. The molecule has 0 radical (unpaired) electrons. The Labute approximate surface area is 124 Å². The predicted molar refractivity (Wildman–Crippen MR) is 82.6 cm³/mol. The van der Waals surface area contributed by atoms with Crippen molar-refractivity contribution in [1.82, 2.24) is 15.3 Å². The molecule has 0 aliphatic carbocycles. The number of nitrogens with zero attached hydrogens (tertiary/aromatic N) is 3. The van der Waals surface area contributed by atoms with E-state index in [0.29, 0.717) is 5.92 Å². The fraction of sp³-hybridized carbons (Fsp3) is 0.500. The third kappa shape index (κ3) is 2.36. The van der Waals surface area contributed by atoms with E-state index in [1.165, 1.54) is 0 Å². The molecule has 110 valence electrons. The van der Waals surface area contributed by atoms with Gasteiger partial charge >= 0.3 is 0 Å². The van der Waals surface area contributed by atoms with Gasteiger partial charge in [0, 0.05) is 32.1 Å². The zero-order valence-corrected chi connectivity index (χ0v) is 12.0. The largest absolute Gasteiger partial charge is 0.393 e. The molecule has 0 atom stereocenters. The molecule has 0 saturated carbocycles. The van der Waals surface area contributed by atoms with E-state index in [-0.39, 0.29) is 6.10 Å². The molecule has 2 aromatic rings. The first-order valence-electron chi connectivity index (χ1n) is 7.71. The summed E-state index contributed by atoms with van der Waals surface area (Å²) in [5.74, 6) is 1.48. The van der Waals surface area contributed by atoms with Crippen LogP contribution in [0.5, 0.6) is 0 Å². The molecule has 2 aliphatic heterocycles. The Morgan fingerprint density at radius 2 is 1.71 bits per heavy atom. The summed E-state index contributed by atoms with van der Waals surface area (Å²) in [5, 5.41) is 13.0. The van der Waals surface area contributed by atoms with Crippen LogP contribution in [0, 0.1) is 0 Å². The molecule has 2 aliphatic rings. The molecule has 1 aromatic heterocycles. The fourth-order valence-electron chi connectivity index (χ4n) is 3.07. The molecule has 1 aromatic carbocycles. The summed E-state index contributed by atoms with van der Waals surface area (Å²) in [4.78, 5) is 12.1. The van der Waals surface area contributed by atoms with Gasteiger partial charge in [-0.15, -0.1) is 0 Å². The summed E-state index contributed by atoms with van der Waals surface area (Å²) in [7, 11) is 0. The van der Waals surface area contributed by atoms with Crippen LogP contribution in [0.3, 0.4) is 0 Å². The number of anilines is 1. The lowest BCUT2D eigenvalue weighted by Gasteiger charge is -2.35. The summed E-state index contributed by atoms with van der Waals surface area (Å²) in [5.41, 5.74) is 3.04. The van der Waals surface area contributed by atoms with Gasteiger partial charge in [-0.1, -0.05) is 12.1 Å². The van der Waals surface area contributed by atoms with Crippen LogP contribution in [0.2, 0.25) is 0 Å². The standard InChI is InChI=1S/C16H20N4O/c21-12-5-7-20(8-6-12)16-15(11-9-17-10-11)18-13-3-1-2-4-14(13)19-16/h1-4,11-12,17,21H,5-10H2. The van der Waals surface area contributed by atoms with Crippen molar-refractivity contribution in [3.05, 3.63) is 30.0 Å². The number of benzene rings is 1. The van der Waals surface area contributed by atoms with Gasteiger partial charge in [0.05, 0.1) is 22.8 Å². The van der Waals surface area contributed by atoms with Crippen molar-refractivity contribution >= 4 is 16.9 Å². The van der Waals surface area contributed by atoms with E-state index in [0.717, 1.165) is 61.6 Å². The summed E-state index contributed by atoms with van der Waals surface area (Å²) in [6.45, 7) is 3.69. The molecule has 5 heteroatoms. The Hall–Kier alpha value is -1.72. The molecule has 0 spiro atoms. The van der Waals surface area contributed by atoms with Crippen LogP contribution in [-0.4, -0.2) is 47.4 Å². The lowest BCUT2D eigenvalue weighted by Crippen LogP contribution is -2.43. The molecule has 2 N–H and O–H groups in total. The number of hydrogen-bond acceptors (Lipinski definition) is 5. The number of para-hydroxylation sites is 2. The Kier molecular flexibility index (Phi) is 3.24. The second-order valence-electron chi connectivity index (χ2n) is 5.99. The van der Waals surface area contributed by atoms with E-state index < -0.39 is 0 Å². The van der Waals surface area contributed by atoms with Crippen molar-refractivity contribution in [3.8, 4) is 0 Å². The predicted octanol–water partition coefficient (Wildman–Crippen LogP) is 1.28. The van der Waals surface area contributed by atoms with Crippen LogP contribution in [0.15, 0.2) is 24.3 Å². The van der Waals surface area contributed by atoms with E-state index in [1.54, 1.807) is 0 Å². The van der Waals surface area contributed by atoms with Gasteiger partial charge in [-0.3, -0.25) is 0 Å². The third-order valence-corrected chi connectivity index (χ3v) is 4.51. The molecule has 0 bridgehead atoms. The fourth-order valence-corrected chi connectivity index (χ4v) is 3.07. The maximum Gasteiger partial charge on any atom is 0.151 e. The van der Waals surface area contributed by atoms with Crippen molar-refractivity contribution in [2.24, 2.45) is 0 Å². The number of hydrogen-bond donors (Lipinski definition) is 2. The van der Waals surface area contributed by atoms with Crippen LogP contribution in [0.1, 0.15) is 24.5 Å². The zero-order valence-electron chi connectivity index (χ0n) is 12.0. The highest BCUT2D eigenvalue weighted by Gasteiger charge is 2.28. The first-order valence-corrected chi connectivity index (χ1v) is 7.71. The van der Waals surface area contributed by atoms with Crippen LogP contribution < -0.4 is 10.2 Å². The molecule has 2 fully saturated rings. The highest BCUT2D eigenvalue weighted by atomic mass is 16.3. The molecule has 5 nitrogen and oxygen atoms in total. The molecular weight excluding hydrogens is 264 g/mol. The number of piperidine rings is 1. The minimum absolute atomic E-state index is 0.163. The summed E-state index contributed by atoms with van der Waals surface area (Å²) >= 11 is 0. The number of aromatic nitrogens is 2. The number of rotatable bonds is 2. The monoisotopic (exact) mass is 284 g/mol. The maximum atomic E-state index is 9.71. The van der Waals surface area contributed by atoms with Crippen molar-refractivity contribution < 1.29 is 5.11 Å². The van der Waals surface area contributed by atoms with Gasteiger partial charge in [0.15, 0.2) is 5.82 Å². The molecule has 21 heavy (non-hydrogen) atoms. The van der Waals surface area contributed by atoms with E-state index in [9.17, 15) is 5.11 Å². The van der Waals surface area contributed by atoms with E-state index in [1.807, 2.05) is 24.3 Å². The second kappa shape index (κ2) is 5.24. The number of aliphatic hydroxyl groups excluding tert-OH is 1. The minimum atomic E-state index is -0.163. The Morgan fingerprint density at radius 3 is 2.33 bits per heavy atom. The molecule has 0 amide bonds. The molecule has 2 saturated heterocycles. The molecule has 4 rings (SSSR count). The summed E-state index contributed by atoms with van der Waals surface area (Å²) in [6.07, 6.45) is 1.47. The third-order valence-electron chi connectivity index (χ3n) is 4.51. The highest BCUT2D eigenvalue weighted by molar-refractivity contribution is 5.76. The van der Waals surface area contributed by atoms with Crippen molar-refractivity contribution in [2.75, 3.05) is 31.1 Å². The van der Waals surface area contributed by atoms with Gasteiger partial charge in [-0.2, -0.15) is 0 Å². The topological polar surface area (TPSA) is 61.3 Å². The molecular formula is C16H20N4O. The Morgan fingerprint density at radius 1 is 1.05 bits per heavy atom. The summed E-state index contributed by atoms with van der Waals surface area (Å²) in [6, 6.07) is 8.07. The van der Waals surface area contributed by atoms with Gasteiger partial charge in [0.2, 0.25) is 0 Å². The number of nitrogens with one attached hydrogen (secondary N) is 1. The van der Waals surface area contributed by atoms with Gasteiger partial charge in [0.25, 0.3) is 0 Å². The van der Waals surface area contributed by atoms with Gasteiger partial charge < -0.3 is 15.3 Å². The second-order valence-corrected chi connectivity index (χ2v) is 5.99. The van der Waals surface area contributed by atoms with Crippen LogP contribution in [0.4, 0.5) is 5.82 Å². The number of fused-ring (bicyclic) bond motifs is 1. The lowest BCUT2D eigenvalue weighted by atomic mass is 9.97. The van der Waals surface area contributed by atoms with Crippen molar-refractivity contribution in [1.29, 1.82) is 0 Å². The van der Waals surface area contributed by atoms with Crippen LogP contribution in [-0.2, 0) is 0 Å². The van der Waals surface area contributed by atoms with Crippen molar-refractivity contribution in [2.45, 2.75) is 24.9 Å². The average molecular weight is 284 g/mol. The first-order chi connectivity index (χ1) is 10.3. The Balaban J connectivity index is 1.77. The number of aliphatic hydroxyl groups is 1. The van der Waals surface area contributed by atoms with Gasteiger partial charge in [-0.25, -0.2) is 9.97 Å². The van der Waals surface area contributed by atoms with E-state index in [4.69, 9.17) is 9.97 Å². The SMILES string of the molecule is OC1CCN(c2nc3ccccc3nc2C2CNC2)CC1. The van der Waals surface area contributed by atoms with E-state index in [2.05, 4.69) is 10.2 Å². The quantitative estimate of drug-likeness (QED) is 0.870. The van der Waals surface area contributed by atoms with Crippen molar-refractivity contribution in [3.63, 3.8) is 0 Å². The summed E-state index contributed by atoms with van der Waals surface area (Å²) < 4.78 is 0. The minimum Gasteiger partial charge on any atom is -0.393 e. The maximum absolute atomic E-state index is 9.71. The Bertz CT molecular complexity index is 648. The lowest BCUT2D eigenvalue weighted by molar-refractivity contribution is 0.145. The van der Waals surface area contributed by atoms with Crippen LogP contribution >= 0.6 is 0 Å². The average Bonchev–Trinajstić information content (AvgIpc) is 2.46. The zero-order chi connectivity index (χ0) is 14.2. The van der Waals surface area contributed by atoms with Gasteiger partial charge in [0.1, 0.15) is 0 Å². The highest BCUT2D eigenvalue weighted by Crippen LogP contribution is 2.30. The first kappa shape index (κ1) is 13.0. The van der Waals surface area contributed by atoms with E-state index >= 15 is 0 Å².